The molecule has 0 aliphatic rings. The molecule has 6 nitrogen and oxygen atoms in total. The van der Waals surface area contributed by atoms with E-state index in [0.717, 1.165) is 12.8 Å². The molecule has 0 bridgehead atoms. The van der Waals surface area contributed by atoms with Crippen LogP contribution in [-0.2, 0) is 6.61 Å². The van der Waals surface area contributed by atoms with Gasteiger partial charge in [-0.15, -0.1) is 0 Å². The van der Waals surface area contributed by atoms with Gasteiger partial charge < -0.3 is 15.5 Å². The quantitative estimate of drug-likeness (QED) is 0.481. The van der Waals surface area contributed by atoms with Gasteiger partial charge in [-0.25, -0.2) is 0 Å². The zero-order valence-electron chi connectivity index (χ0n) is 12.6. The average molecular weight is 296 g/mol. The molecule has 0 saturated heterocycles. The molecule has 21 heavy (non-hydrogen) atoms. The van der Waals surface area contributed by atoms with Gasteiger partial charge >= 0.3 is 0 Å². The van der Waals surface area contributed by atoms with Gasteiger partial charge in [0.1, 0.15) is 5.69 Å². The maximum Gasteiger partial charge on any atom is 0.292 e. The Balaban J connectivity index is 2.92. The first-order valence-electron chi connectivity index (χ1n) is 7.30. The van der Waals surface area contributed by atoms with Crippen molar-refractivity contribution in [2.75, 3.05) is 11.9 Å². The standard InChI is InChI=1S/C15H24N2O4/c1-3-7-15(19,8-4-2)11-16-13-9-12(10-18)5-6-14(13)17(20)21/h5-6,9,16,18-19H,3-4,7-8,10-11H2,1-2H3. The molecular formula is C15H24N2O4. The Hall–Kier alpha value is -1.66. The van der Waals surface area contributed by atoms with Crippen molar-refractivity contribution in [1.82, 2.24) is 0 Å². The lowest BCUT2D eigenvalue weighted by Gasteiger charge is -2.28. The molecule has 6 heteroatoms. The molecule has 0 aromatic heterocycles. The molecular weight excluding hydrogens is 272 g/mol. The Bertz CT molecular complexity index is 471. The number of nitrogens with one attached hydrogen (secondary N) is 1. The topological polar surface area (TPSA) is 95.6 Å². The van der Waals surface area contributed by atoms with Crippen molar-refractivity contribution >= 4 is 11.4 Å². The highest BCUT2D eigenvalue weighted by molar-refractivity contribution is 5.62. The van der Waals surface area contributed by atoms with Crippen LogP contribution in [0.25, 0.3) is 0 Å². The minimum Gasteiger partial charge on any atom is -0.392 e. The van der Waals surface area contributed by atoms with E-state index in [1.165, 1.54) is 12.1 Å². The summed E-state index contributed by atoms with van der Waals surface area (Å²) in [5.74, 6) is 0. The van der Waals surface area contributed by atoms with Crippen LogP contribution in [0.3, 0.4) is 0 Å². The number of hydrogen-bond donors (Lipinski definition) is 3. The SMILES string of the molecule is CCCC(O)(CCC)CNc1cc(CO)ccc1[N+](=O)[O-]. The van der Waals surface area contributed by atoms with Crippen molar-refractivity contribution in [2.24, 2.45) is 0 Å². The second-order valence-electron chi connectivity index (χ2n) is 5.34. The first-order valence-corrected chi connectivity index (χ1v) is 7.30. The molecule has 1 rings (SSSR count). The molecule has 0 atom stereocenters. The maximum atomic E-state index is 11.0. The van der Waals surface area contributed by atoms with Gasteiger partial charge in [0, 0.05) is 12.6 Å². The van der Waals surface area contributed by atoms with Crippen molar-refractivity contribution in [3.8, 4) is 0 Å². The van der Waals surface area contributed by atoms with Crippen LogP contribution in [-0.4, -0.2) is 27.3 Å². The monoisotopic (exact) mass is 296 g/mol. The molecule has 0 radical (unpaired) electrons. The minimum absolute atomic E-state index is 0.0532. The van der Waals surface area contributed by atoms with Crippen LogP contribution in [0.1, 0.15) is 45.1 Å². The number of nitro groups is 1. The number of aliphatic hydroxyl groups is 2. The molecule has 1 aromatic rings. The van der Waals surface area contributed by atoms with Gasteiger partial charge in [-0.3, -0.25) is 10.1 Å². The first-order chi connectivity index (χ1) is 9.95. The summed E-state index contributed by atoms with van der Waals surface area (Å²) < 4.78 is 0. The summed E-state index contributed by atoms with van der Waals surface area (Å²) in [4.78, 5) is 10.6. The summed E-state index contributed by atoms with van der Waals surface area (Å²) in [6.07, 6.45) is 2.97. The van der Waals surface area contributed by atoms with Crippen LogP contribution >= 0.6 is 0 Å². The van der Waals surface area contributed by atoms with Crippen molar-refractivity contribution in [2.45, 2.75) is 51.7 Å². The zero-order valence-corrected chi connectivity index (χ0v) is 12.6. The number of anilines is 1. The van der Waals surface area contributed by atoms with Crippen LogP contribution < -0.4 is 5.32 Å². The fourth-order valence-electron chi connectivity index (χ4n) is 2.47. The summed E-state index contributed by atoms with van der Waals surface area (Å²) in [6, 6.07) is 4.44. The van der Waals surface area contributed by atoms with E-state index in [1.54, 1.807) is 6.07 Å². The third-order valence-electron chi connectivity index (χ3n) is 3.48. The number of nitro benzene ring substituents is 1. The Morgan fingerprint density at radius 2 is 1.90 bits per heavy atom. The number of aliphatic hydroxyl groups excluding tert-OH is 1. The third kappa shape index (κ3) is 4.99. The summed E-state index contributed by atoms with van der Waals surface area (Å²) in [5, 5.41) is 33.7. The Morgan fingerprint density at radius 1 is 1.29 bits per heavy atom. The lowest BCUT2D eigenvalue weighted by molar-refractivity contribution is -0.384. The van der Waals surface area contributed by atoms with E-state index in [0.29, 0.717) is 24.1 Å². The highest BCUT2D eigenvalue weighted by atomic mass is 16.6. The van der Waals surface area contributed by atoms with Crippen LogP contribution in [0.5, 0.6) is 0 Å². The van der Waals surface area contributed by atoms with Crippen molar-refractivity contribution in [1.29, 1.82) is 0 Å². The number of nitrogens with zero attached hydrogens (tertiary/aromatic N) is 1. The molecule has 0 aliphatic carbocycles. The van der Waals surface area contributed by atoms with E-state index in [9.17, 15) is 15.2 Å². The summed E-state index contributed by atoms with van der Waals surface area (Å²) >= 11 is 0. The predicted octanol–water partition coefficient (Wildman–Crippen LogP) is 2.83. The highest BCUT2D eigenvalue weighted by Crippen LogP contribution is 2.27. The molecule has 118 valence electrons. The van der Waals surface area contributed by atoms with Gasteiger partial charge in [0.05, 0.1) is 17.1 Å². The molecule has 1 aromatic carbocycles. The molecule has 0 aliphatic heterocycles. The zero-order chi connectivity index (χ0) is 15.9. The van der Waals surface area contributed by atoms with E-state index in [2.05, 4.69) is 5.32 Å². The third-order valence-corrected chi connectivity index (χ3v) is 3.48. The van der Waals surface area contributed by atoms with Gasteiger partial charge in [0.2, 0.25) is 0 Å². The summed E-state index contributed by atoms with van der Waals surface area (Å²) in [6.45, 7) is 4.07. The lowest BCUT2D eigenvalue weighted by atomic mass is 9.92. The fourth-order valence-corrected chi connectivity index (χ4v) is 2.47. The molecule has 0 heterocycles. The Kier molecular flexibility index (Phi) is 6.58. The smallest absolute Gasteiger partial charge is 0.292 e. The van der Waals surface area contributed by atoms with Crippen molar-refractivity contribution < 1.29 is 15.1 Å². The minimum atomic E-state index is -0.868. The molecule has 0 saturated carbocycles. The van der Waals surface area contributed by atoms with Crippen LogP contribution in [0.4, 0.5) is 11.4 Å². The maximum absolute atomic E-state index is 11.0. The van der Waals surface area contributed by atoms with Crippen molar-refractivity contribution in [3.05, 3.63) is 33.9 Å². The van der Waals surface area contributed by atoms with E-state index < -0.39 is 10.5 Å². The van der Waals surface area contributed by atoms with Gasteiger partial charge in [-0.1, -0.05) is 26.7 Å². The van der Waals surface area contributed by atoms with E-state index in [4.69, 9.17) is 5.11 Å². The second-order valence-corrected chi connectivity index (χ2v) is 5.34. The normalized spacial score (nSPS) is 11.4. The number of benzene rings is 1. The predicted molar refractivity (Wildman–Crippen MR) is 82.3 cm³/mol. The molecule has 0 fully saturated rings. The van der Waals surface area contributed by atoms with Gasteiger partial charge in [-0.05, 0) is 30.5 Å². The molecule has 0 unspecified atom stereocenters. The van der Waals surface area contributed by atoms with Crippen LogP contribution in [0, 0.1) is 10.1 Å². The Labute approximate surface area is 125 Å². The van der Waals surface area contributed by atoms with Crippen LogP contribution in [0.15, 0.2) is 18.2 Å². The fraction of sp³-hybridized carbons (Fsp3) is 0.600. The lowest BCUT2D eigenvalue weighted by Crippen LogP contribution is -2.36. The van der Waals surface area contributed by atoms with Crippen LogP contribution in [0.2, 0.25) is 0 Å². The van der Waals surface area contributed by atoms with Gasteiger partial charge in [0.25, 0.3) is 5.69 Å². The summed E-state index contributed by atoms with van der Waals surface area (Å²) in [5.41, 5.74) is 0.00408. The van der Waals surface area contributed by atoms with Crippen molar-refractivity contribution in [3.63, 3.8) is 0 Å². The van der Waals surface area contributed by atoms with Gasteiger partial charge in [-0.2, -0.15) is 0 Å². The van der Waals surface area contributed by atoms with E-state index in [-0.39, 0.29) is 18.8 Å². The second kappa shape index (κ2) is 7.95. The average Bonchev–Trinajstić information content (AvgIpc) is 2.45. The Morgan fingerprint density at radius 3 is 2.38 bits per heavy atom. The molecule has 0 spiro atoms. The first kappa shape index (κ1) is 17.4. The largest absolute Gasteiger partial charge is 0.392 e. The molecule has 3 N–H and O–H groups in total. The number of hydrogen-bond acceptors (Lipinski definition) is 5. The van der Waals surface area contributed by atoms with Gasteiger partial charge in [0.15, 0.2) is 0 Å². The van der Waals surface area contributed by atoms with E-state index in [1.807, 2.05) is 13.8 Å². The number of rotatable bonds is 9. The molecule has 0 amide bonds. The highest BCUT2D eigenvalue weighted by Gasteiger charge is 2.26. The van der Waals surface area contributed by atoms with E-state index >= 15 is 0 Å². The summed E-state index contributed by atoms with van der Waals surface area (Å²) in [7, 11) is 0.